The molecule has 0 saturated carbocycles. The maximum atomic E-state index is 2.58. The van der Waals surface area contributed by atoms with Crippen molar-refractivity contribution < 1.29 is 0 Å². The molecule has 0 aromatic heterocycles. The number of rotatable bonds is 12. The molecule has 0 spiro atoms. The van der Waals surface area contributed by atoms with Gasteiger partial charge in [0, 0.05) is 19.6 Å². The van der Waals surface area contributed by atoms with E-state index in [1.54, 1.807) is 0 Å². The van der Waals surface area contributed by atoms with Gasteiger partial charge >= 0.3 is 0 Å². The Morgan fingerprint density at radius 1 is 0.526 bits per heavy atom. The van der Waals surface area contributed by atoms with Gasteiger partial charge in [0.15, 0.2) is 0 Å². The molecule has 110 valence electrons. The van der Waals surface area contributed by atoms with Gasteiger partial charge in [0.2, 0.25) is 0 Å². The van der Waals surface area contributed by atoms with Crippen LogP contribution in [0.15, 0.2) is 36.5 Å². The molecule has 0 bridgehead atoms. The summed E-state index contributed by atoms with van der Waals surface area (Å²) in [6, 6.07) is 0. The molecule has 0 rings (SSSR count). The monoisotopic (exact) mass is 263 g/mol. The third kappa shape index (κ3) is 13.4. The molecule has 0 amide bonds. The van der Waals surface area contributed by atoms with E-state index < -0.39 is 0 Å². The van der Waals surface area contributed by atoms with E-state index >= 15 is 0 Å². The van der Waals surface area contributed by atoms with Crippen LogP contribution in [0.1, 0.15) is 59.3 Å². The molecule has 0 atom stereocenters. The van der Waals surface area contributed by atoms with Crippen LogP contribution >= 0.6 is 0 Å². The fourth-order valence-electron chi connectivity index (χ4n) is 1.96. The molecule has 0 aromatic carbocycles. The van der Waals surface area contributed by atoms with E-state index in [9.17, 15) is 0 Å². The topological polar surface area (TPSA) is 3.24 Å². The van der Waals surface area contributed by atoms with Gasteiger partial charge in [-0.3, -0.25) is 0 Å². The van der Waals surface area contributed by atoms with Gasteiger partial charge in [0.05, 0.1) is 0 Å². The van der Waals surface area contributed by atoms with E-state index in [1.165, 1.54) is 38.9 Å². The van der Waals surface area contributed by atoms with Gasteiger partial charge in [-0.25, -0.2) is 0 Å². The van der Waals surface area contributed by atoms with Crippen molar-refractivity contribution >= 4 is 0 Å². The zero-order chi connectivity index (χ0) is 14.2. The predicted molar refractivity (Wildman–Crippen MR) is 88.6 cm³/mol. The molecule has 0 aliphatic carbocycles. The third-order valence-corrected chi connectivity index (χ3v) is 3.04. The third-order valence-electron chi connectivity index (χ3n) is 3.04. The first-order valence-electron chi connectivity index (χ1n) is 8.02. The number of nitrogens with zero attached hydrogens (tertiary/aromatic N) is 1. The van der Waals surface area contributed by atoms with Crippen molar-refractivity contribution in [2.45, 2.75) is 59.3 Å². The second kappa shape index (κ2) is 15.2. The van der Waals surface area contributed by atoms with Crippen LogP contribution in [0.5, 0.6) is 0 Å². The second-order valence-corrected chi connectivity index (χ2v) is 4.85. The van der Waals surface area contributed by atoms with Gasteiger partial charge in [0.1, 0.15) is 0 Å². The van der Waals surface area contributed by atoms with Crippen molar-refractivity contribution in [3.63, 3.8) is 0 Å². The van der Waals surface area contributed by atoms with E-state index in [0.29, 0.717) is 0 Å². The smallest absolute Gasteiger partial charge is 0.00162 e. The Morgan fingerprint density at radius 3 is 1.11 bits per heavy atom. The van der Waals surface area contributed by atoms with Crippen LogP contribution in [-0.2, 0) is 0 Å². The first-order chi connectivity index (χ1) is 9.35. The number of hydrogen-bond donors (Lipinski definition) is 0. The molecule has 0 radical (unpaired) electrons. The minimum Gasteiger partial charge on any atom is -0.302 e. The normalized spacial score (nSPS) is 12.6. The minimum absolute atomic E-state index is 1.15. The Kier molecular flexibility index (Phi) is 14.6. The SMILES string of the molecule is CC/C=C/CCN(CC/C=C/CC)CC/C=C/CC. The molecule has 0 saturated heterocycles. The molecule has 0 N–H and O–H groups in total. The summed E-state index contributed by atoms with van der Waals surface area (Å²) in [6.45, 7) is 10.2. The minimum atomic E-state index is 1.15. The first kappa shape index (κ1) is 18.2. The summed E-state index contributed by atoms with van der Waals surface area (Å²) >= 11 is 0. The standard InChI is InChI=1S/C18H33N/c1-4-7-10-13-16-19(17-14-11-8-5-2)18-15-12-9-6-3/h7-12H,4-6,13-18H2,1-3H3/b10-7+,11-8+,12-9+. The summed E-state index contributed by atoms with van der Waals surface area (Å²) in [5.41, 5.74) is 0. The molecular weight excluding hydrogens is 230 g/mol. The van der Waals surface area contributed by atoms with Crippen molar-refractivity contribution in [2.75, 3.05) is 19.6 Å². The van der Waals surface area contributed by atoms with Crippen molar-refractivity contribution in [1.82, 2.24) is 4.90 Å². The van der Waals surface area contributed by atoms with Crippen molar-refractivity contribution in [3.8, 4) is 0 Å². The van der Waals surface area contributed by atoms with Gasteiger partial charge in [-0.05, 0) is 38.5 Å². The molecule has 0 heterocycles. The predicted octanol–water partition coefficient (Wildman–Crippen LogP) is 5.36. The van der Waals surface area contributed by atoms with Crippen LogP contribution < -0.4 is 0 Å². The molecule has 0 aliphatic heterocycles. The summed E-state index contributed by atoms with van der Waals surface area (Å²) in [5, 5.41) is 0. The quantitative estimate of drug-likeness (QED) is 0.429. The summed E-state index contributed by atoms with van der Waals surface area (Å²) in [5.74, 6) is 0. The molecule has 0 unspecified atom stereocenters. The fraction of sp³-hybridized carbons (Fsp3) is 0.667. The van der Waals surface area contributed by atoms with Gasteiger partial charge in [0.25, 0.3) is 0 Å². The highest BCUT2D eigenvalue weighted by molar-refractivity contribution is 4.85. The van der Waals surface area contributed by atoms with E-state index in [-0.39, 0.29) is 0 Å². The van der Waals surface area contributed by atoms with Crippen molar-refractivity contribution in [2.24, 2.45) is 0 Å². The number of allylic oxidation sites excluding steroid dienone is 3. The summed E-state index contributed by atoms with van der Waals surface area (Å²) in [7, 11) is 0. The highest BCUT2D eigenvalue weighted by atomic mass is 15.1. The Bertz CT molecular complexity index is 208. The molecule has 0 fully saturated rings. The highest BCUT2D eigenvalue weighted by Gasteiger charge is 2.01. The Balaban J connectivity index is 3.94. The lowest BCUT2D eigenvalue weighted by Crippen LogP contribution is -2.26. The lowest BCUT2D eigenvalue weighted by atomic mass is 10.2. The van der Waals surface area contributed by atoms with E-state index in [0.717, 1.165) is 19.3 Å². The summed E-state index contributed by atoms with van der Waals surface area (Å²) in [4.78, 5) is 2.58. The first-order valence-corrected chi connectivity index (χ1v) is 8.02. The molecule has 0 aromatic rings. The zero-order valence-corrected chi connectivity index (χ0v) is 13.3. The molecule has 1 nitrogen and oxygen atoms in total. The fourth-order valence-corrected chi connectivity index (χ4v) is 1.96. The van der Waals surface area contributed by atoms with Crippen LogP contribution in [0.25, 0.3) is 0 Å². The van der Waals surface area contributed by atoms with Crippen molar-refractivity contribution in [1.29, 1.82) is 0 Å². The van der Waals surface area contributed by atoms with E-state index in [1.807, 2.05) is 0 Å². The molecular formula is C18H33N. The Hall–Kier alpha value is -0.820. The highest BCUT2D eigenvalue weighted by Crippen LogP contribution is 2.00. The lowest BCUT2D eigenvalue weighted by molar-refractivity contribution is 0.289. The van der Waals surface area contributed by atoms with Gasteiger partial charge < -0.3 is 4.90 Å². The van der Waals surface area contributed by atoms with E-state index in [2.05, 4.69) is 62.1 Å². The maximum Gasteiger partial charge on any atom is 0.00162 e. The number of hydrogen-bond acceptors (Lipinski definition) is 1. The van der Waals surface area contributed by atoms with Crippen LogP contribution in [0.3, 0.4) is 0 Å². The average Bonchev–Trinajstić information content (AvgIpc) is 2.43. The van der Waals surface area contributed by atoms with Gasteiger partial charge in [-0.2, -0.15) is 0 Å². The largest absolute Gasteiger partial charge is 0.302 e. The molecule has 0 aliphatic rings. The van der Waals surface area contributed by atoms with E-state index in [4.69, 9.17) is 0 Å². The molecule has 1 heteroatoms. The summed E-state index contributed by atoms with van der Waals surface area (Å²) < 4.78 is 0. The Morgan fingerprint density at radius 2 is 0.842 bits per heavy atom. The van der Waals surface area contributed by atoms with Gasteiger partial charge in [-0.15, -0.1) is 0 Å². The van der Waals surface area contributed by atoms with Crippen molar-refractivity contribution in [3.05, 3.63) is 36.5 Å². The maximum absolute atomic E-state index is 2.58. The lowest BCUT2D eigenvalue weighted by Gasteiger charge is -2.20. The second-order valence-electron chi connectivity index (χ2n) is 4.85. The average molecular weight is 263 g/mol. The molecule has 19 heavy (non-hydrogen) atoms. The van der Waals surface area contributed by atoms with Crippen LogP contribution in [-0.4, -0.2) is 24.5 Å². The van der Waals surface area contributed by atoms with Crippen LogP contribution in [0.2, 0.25) is 0 Å². The summed E-state index contributed by atoms with van der Waals surface area (Å²) in [6.07, 6.45) is 20.8. The van der Waals surface area contributed by atoms with Crippen LogP contribution in [0, 0.1) is 0 Å². The van der Waals surface area contributed by atoms with Crippen LogP contribution in [0.4, 0.5) is 0 Å². The van der Waals surface area contributed by atoms with Gasteiger partial charge in [-0.1, -0.05) is 57.2 Å². The Labute approximate surface area is 121 Å². The zero-order valence-electron chi connectivity index (χ0n) is 13.3.